The predicted octanol–water partition coefficient (Wildman–Crippen LogP) is 0.310. The van der Waals surface area contributed by atoms with Gasteiger partial charge in [-0.2, -0.15) is 0 Å². The van der Waals surface area contributed by atoms with E-state index in [1.165, 1.54) is 0 Å². The summed E-state index contributed by atoms with van der Waals surface area (Å²) in [6.07, 6.45) is 1.88. The van der Waals surface area contributed by atoms with E-state index in [4.69, 9.17) is 0 Å². The monoisotopic (exact) mass is 181 g/mol. The van der Waals surface area contributed by atoms with Crippen molar-refractivity contribution in [2.45, 2.75) is 25.8 Å². The molecule has 13 heavy (non-hydrogen) atoms. The van der Waals surface area contributed by atoms with E-state index >= 15 is 0 Å². The van der Waals surface area contributed by atoms with Crippen LogP contribution in [0.5, 0.6) is 0 Å². The number of nitrogens with one attached hydrogen (secondary N) is 2. The Balaban J connectivity index is 2.55. The van der Waals surface area contributed by atoms with E-state index in [1.807, 2.05) is 11.7 Å². The Morgan fingerprint density at radius 2 is 2.38 bits per heavy atom. The largest absolute Gasteiger partial charge is 0.308 e. The van der Waals surface area contributed by atoms with E-state index in [0.29, 0.717) is 6.04 Å². The van der Waals surface area contributed by atoms with Gasteiger partial charge in [-0.1, -0.05) is 6.92 Å². The van der Waals surface area contributed by atoms with Crippen LogP contribution in [0.2, 0.25) is 0 Å². The van der Waals surface area contributed by atoms with E-state index in [0.717, 1.165) is 30.6 Å². The zero-order valence-corrected chi connectivity index (χ0v) is 8.05. The van der Waals surface area contributed by atoms with Crippen molar-refractivity contribution in [2.75, 3.05) is 6.54 Å². The molecule has 0 aromatic carbocycles. The number of H-pyrrole nitrogens is 1. The van der Waals surface area contributed by atoms with Crippen LogP contribution in [0.1, 0.15) is 30.6 Å². The molecule has 1 unspecified atom stereocenters. The second-order valence-electron chi connectivity index (χ2n) is 3.53. The second-order valence-corrected chi connectivity index (χ2v) is 3.53. The maximum absolute atomic E-state index is 11.4. The molecule has 1 aliphatic rings. The van der Waals surface area contributed by atoms with Crippen molar-refractivity contribution in [3.8, 4) is 0 Å². The lowest BCUT2D eigenvalue weighted by atomic mass is 10.0. The first kappa shape index (κ1) is 8.56. The summed E-state index contributed by atoms with van der Waals surface area (Å²) in [5, 5.41) is 6.20. The molecule has 0 aliphatic carbocycles. The molecule has 0 spiro atoms. The van der Waals surface area contributed by atoms with Crippen molar-refractivity contribution in [3.63, 3.8) is 0 Å². The maximum atomic E-state index is 11.4. The minimum absolute atomic E-state index is 0.0810. The fourth-order valence-electron chi connectivity index (χ4n) is 2.09. The topological polar surface area (TPSA) is 49.8 Å². The van der Waals surface area contributed by atoms with E-state index in [1.54, 1.807) is 0 Å². The van der Waals surface area contributed by atoms with Crippen molar-refractivity contribution in [1.29, 1.82) is 0 Å². The van der Waals surface area contributed by atoms with Crippen molar-refractivity contribution >= 4 is 0 Å². The Hall–Kier alpha value is -1.03. The number of nitrogens with zero attached hydrogens (tertiary/aromatic N) is 1. The highest BCUT2D eigenvalue weighted by atomic mass is 16.1. The summed E-state index contributed by atoms with van der Waals surface area (Å²) >= 11 is 0. The Morgan fingerprint density at radius 1 is 1.62 bits per heavy atom. The van der Waals surface area contributed by atoms with Gasteiger partial charge < -0.3 is 5.32 Å². The molecule has 2 heterocycles. The SMILES string of the molecule is CCC1NCCc2c1n(C)[nH]c2=O. The molecule has 4 heteroatoms. The van der Waals surface area contributed by atoms with Gasteiger partial charge in [-0.25, -0.2) is 0 Å². The summed E-state index contributed by atoms with van der Waals surface area (Å²) in [5.74, 6) is 0. The lowest BCUT2D eigenvalue weighted by Gasteiger charge is -2.23. The molecule has 2 N–H and O–H groups in total. The molecule has 0 fully saturated rings. The fourth-order valence-corrected chi connectivity index (χ4v) is 2.09. The van der Waals surface area contributed by atoms with Crippen LogP contribution in [0.4, 0.5) is 0 Å². The molecular weight excluding hydrogens is 166 g/mol. The van der Waals surface area contributed by atoms with Gasteiger partial charge in [0.15, 0.2) is 0 Å². The molecule has 1 aliphatic heterocycles. The van der Waals surface area contributed by atoms with Gasteiger partial charge in [0.2, 0.25) is 0 Å². The highest BCUT2D eigenvalue weighted by Gasteiger charge is 2.23. The van der Waals surface area contributed by atoms with Gasteiger partial charge in [0.25, 0.3) is 5.56 Å². The van der Waals surface area contributed by atoms with Crippen LogP contribution in [0.25, 0.3) is 0 Å². The lowest BCUT2D eigenvalue weighted by molar-refractivity contribution is 0.461. The van der Waals surface area contributed by atoms with Crippen LogP contribution in [-0.4, -0.2) is 16.3 Å². The quantitative estimate of drug-likeness (QED) is 0.655. The summed E-state index contributed by atoms with van der Waals surface area (Å²) in [7, 11) is 1.90. The van der Waals surface area contributed by atoms with Crippen LogP contribution >= 0.6 is 0 Å². The molecule has 0 saturated heterocycles. The average Bonchev–Trinajstić information content (AvgIpc) is 2.43. The third-order valence-electron chi connectivity index (χ3n) is 2.72. The number of aromatic nitrogens is 2. The van der Waals surface area contributed by atoms with Crippen LogP contribution < -0.4 is 10.9 Å². The van der Waals surface area contributed by atoms with Gasteiger partial charge in [0, 0.05) is 25.2 Å². The lowest BCUT2D eigenvalue weighted by Crippen LogP contribution is -2.31. The molecule has 0 saturated carbocycles. The number of hydrogen-bond donors (Lipinski definition) is 2. The highest BCUT2D eigenvalue weighted by molar-refractivity contribution is 5.24. The summed E-state index contributed by atoms with van der Waals surface area (Å²) in [5.41, 5.74) is 2.18. The van der Waals surface area contributed by atoms with Gasteiger partial charge in [-0.3, -0.25) is 14.6 Å². The van der Waals surface area contributed by atoms with Crippen molar-refractivity contribution in [2.24, 2.45) is 7.05 Å². The summed E-state index contributed by atoms with van der Waals surface area (Å²) < 4.78 is 1.85. The average molecular weight is 181 g/mol. The smallest absolute Gasteiger partial charge is 0.267 e. The van der Waals surface area contributed by atoms with E-state index in [2.05, 4.69) is 17.3 Å². The standard InChI is InChI=1S/C9H15N3O/c1-3-7-8-6(4-5-10-7)9(13)11-12(8)2/h7,10H,3-5H2,1-2H3,(H,11,13). The molecule has 72 valence electrons. The van der Waals surface area contributed by atoms with E-state index in [9.17, 15) is 4.79 Å². The first-order chi connectivity index (χ1) is 6.24. The Bertz CT molecular complexity index is 363. The first-order valence-electron chi connectivity index (χ1n) is 4.75. The van der Waals surface area contributed by atoms with E-state index < -0.39 is 0 Å². The van der Waals surface area contributed by atoms with Crippen LogP contribution in [0.15, 0.2) is 4.79 Å². The second kappa shape index (κ2) is 3.03. The number of aromatic amines is 1. The number of aryl methyl sites for hydroxylation is 1. The first-order valence-corrected chi connectivity index (χ1v) is 4.75. The number of rotatable bonds is 1. The van der Waals surface area contributed by atoms with Gasteiger partial charge in [0.1, 0.15) is 0 Å². The number of fused-ring (bicyclic) bond motifs is 1. The summed E-state index contributed by atoms with van der Waals surface area (Å²) in [6, 6.07) is 0.340. The van der Waals surface area contributed by atoms with Crippen molar-refractivity contribution in [3.05, 3.63) is 21.6 Å². The molecular formula is C9H15N3O. The number of hydrogen-bond acceptors (Lipinski definition) is 2. The molecule has 1 aromatic rings. The highest BCUT2D eigenvalue weighted by Crippen LogP contribution is 2.21. The molecule has 2 rings (SSSR count). The molecule has 1 aromatic heterocycles. The molecule has 0 radical (unpaired) electrons. The molecule has 0 bridgehead atoms. The zero-order valence-electron chi connectivity index (χ0n) is 8.05. The molecule has 1 atom stereocenters. The Morgan fingerprint density at radius 3 is 3.08 bits per heavy atom. The van der Waals surface area contributed by atoms with Crippen molar-refractivity contribution in [1.82, 2.24) is 15.1 Å². The minimum Gasteiger partial charge on any atom is -0.308 e. The normalized spacial score (nSPS) is 21.5. The van der Waals surface area contributed by atoms with Gasteiger partial charge >= 0.3 is 0 Å². The predicted molar refractivity (Wildman–Crippen MR) is 50.8 cm³/mol. The third kappa shape index (κ3) is 1.21. The van der Waals surface area contributed by atoms with Crippen molar-refractivity contribution < 1.29 is 0 Å². The fraction of sp³-hybridized carbons (Fsp3) is 0.667. The molecule has 0 amide bonds. The van der Waals surface area contributed by atoms with E-state index in [-0.39, 0.29) is 5.56 Å². The van der Waals surface area contributed by atoms with Crippen LogP contribution in [-0.2, 0) is 13.5 Å². The third-order valence-corrected chi connectivity index (χ3v) is 2.72. The van der Waals surface area contributed by atoms with Crippen LogP contribution in [0.3, 0.4) is 0 Å². The maximum Gasteiger partial charge on any atom is 0.267 e. The van der Waals surface area contributed by atoms with Gasteiger partial charge in [0.05, 0.1) is 5.69 Å². The minimum atomic E-state index is 0.0810. The van der Waals surface area contributed by atoms with Gasteiger partial charge in [-0.15, -0.1) is 0 Å². The van der Waals surface area contributed by atoms with Gasteiger partial charge in [-0.05, 0) is 12.8 Å². The Labute approximate surface area is 76.9 Å². The zero-order chi connectivity index (χ0) is 9.42. The Kier molecular flexibility index (Phi) is 2.00. The molecule has 4 nitrogen and oxygen atoms in total. The summed E-state index contributed by atoms with van der Waals surface area (Å²) in [6.45, 7) is 3.04. The summed E-state index contributed by atoms with van der Waals surface area (Å²) in [4.78, 5) is 11.4. The van der Waals surface area contributed by atoms with Crippen LogP contribution in [0, 0.1) is 0 Å².